The first kappa shape index (κ1) is 19.8. The Morgan fingerprint density at radius 3 is 2.50 bits per heavy atom. The van der Waals surface area contributed by atoms with E-state index in [4.69, 9.17) is 5.11 Å². The van der Waals surface area contributed by atoms with E-state index in [0.717, 1.165) is 4.57 Å². The number of aliphatic hydroxyl groups is 1. The van der Waals surface area contributed by atoms with Gasteiger partial charge in [-0.15, -0.1) is 0 Å². The minimum Gasteiger partial charge on any atom is -0.433 e. The molecular weight excluding hydrogens is 372 g/mol. The lowest BCUT2D eigenvalue weighted by atomic mass is 10.1. The van der Waals surface area contributed by atoms with Crippen molar-refractivity contribution >= 4 is 11.0 Å². The molecule has 0 aliphatic carbocycles. The van der Waals surface area contributed by atoms with Crippen molar-refractivity contribution in [1.82, 2.24) is 13.7 Å². The number of ether oxygens (including phenoxy) is 1. The van der Waals surface area contributed by atoms with Crippen LogP contribution in [-0.2, 0) is 20.6 Å². The summed E-state index contributed by atoms with van der Waals surface area (Å²) in [6.07, 6.45) is -3.04. The number of aliphatic hydroxyl groups excluding tert-OH is 1. The van der Waals surface area contributed by atoms with Crippen molar-refractivity contribution < 1.29 is 18.6 Å². The minimum absolute atomic E-state index is 0.00972. The van der Waals surface area contributed by atoms with E-state index in [0.29, 0.717) is 29.2 Å². The first-order valence-electron chi connectivity index (χ1n) is 8.71. The summed E-state index contributed by atoms with van der Waals surface area (Å²) in [7, 11) is 3.22. The highest BCUT2D eigenvalue weighted by atomic mass is 19.3. The number of aryl methyl sites for hydroxylation is 2. The fourth-order valence-electron chi connectivity index (χ4n) is 3.22. The normalized spacial score (nSPS) is 11.9. The lowest BCUT2D eigenvalue weighted by Gasteiger charge is -2.14. The van der Waals surface area contributed by atoms with Gasteiger partial charge in [-0.05, 0) is 24.6 Å². The molecule has 1 N–H and O–H groups in total. The number of rotatable bonds is 6. The second-order valence-corrected chi connectivity index (χ2v) is 6.64. The van der Waals surface area contributed by atoms with Gasteiger partial charge in [-0.3, -0.25) is 13.9 Å². The van der Waals surface area contributed by atoms with E-state index >= 15 is 0 Å². The van der Waals surface area contributed by atoms with Crippen LogP contribution < -0.4 is 16.0 Å². The average Bonchev–Trinajstić information content (AvgIpc) is 2.96. The van der Waals surface area contributed by atoms with Gasteiger partial charge < -0.3 is 14.4 Å². The minimum atomic E-state index is -3.32. The number of hydrogen-bond acceptors (Lipinski definition) is 4. The fourth-order valence-corrected chi connectivity index (χ4v) is 3.22. The van der Waals surface area contributed by atoms with E-state index in [9.17, 15) is 18.4 Å². The van der Waals surface area contributed by atoms with E-state index < -0.39 is 17.4 Å². The Kier molecular flexibility index (Phi) is 5.12. The number of hydrogen-bond donors (Lipinski definition) is 1. The van der Waals surface area contributed by atoms with E-state index in [1.165, 1.54) is 16.7 Å². The van der Waals surface area contributed by atoms with Crippen LogP contribution >= 0.6 is 0 Å². The molecule has 3 rings (SSSR count). The summed E-state index contributed by atoms with van der Waals surface area (Å²) in [5.41, 5.74) is 0.932. The van der Waals surface area contributed by atoms with Gasteiger partial charge in [0.2, 0.25) is 0 Å². The van der Waals surface area contributed by atoms with Crippen LogP contribution in [0.2, 0.25) is 0 Å². The molecule has 2 aromatic heterocycles. The molecule has 0 bridgehead atoms. The molecule has 0 amide bonds. The van der Waals surface area contributed by atoms with Crippen molar-refractivity contribution in [1.29, 1.82) is 0 Å². The third kappa shape index (κ3) is 3.57. The van der Waals surface area contributed by atoms with E-state index in [-0.39, 0.29) is 25.3 Å². The van der Waals surface area contributed by atoms with Gasteiger partial charge >= 0.3 is 11.8 Å². The van der Waals surface area contributed by atoms with Gasteiger partial charge in [0, 0.05) is 39.7 Å². The van der Waals surface area contributed by atoms with E-state index in [2.05, 4.69) is 4.74 Å². The Labute approximate surface area is 159 Å². The molecule has 0 aliphatic rings. The summed E-state index contributed by atoms with van der Waals surface area (Å²) < 4.78 is 35.0. The zero-order valence-electron chi connectivity index (χ0n) is 15.8. The van der Waals surface area contributed by atoms with Crippen molar-refractivity contribution in [2.45, 2.75) is 26.0 Å². The number of benzene rings is 1. The number of aromatic nitrogens is 3. The Morgan fingerprint density at radius 2 is 1.86 bits per heavy atom. The highest BCUT2D eigenvalue weighted by Gasteiger charge is 2.24. The standard InChI is InChI=1S/C19H21F2N3O4/c1-19(20,21)28-13-7-4-6-12(10-13)14-11-15-16(22(14)2)17(26)24(8-5-9-25)18(27)23(15)3/h4,6-7,10-11,25H,5,8-9H2,1-3H3. The van der Waals surface area contributed by atoms with Gasteiger partial charge in [0.15, 0.2) is 0 Å². The SMILES string of the molecule is Cn1c(-c2cccc(OC(C)(F)F)c2)cc2c1c(=O)n(CCCO)c(=O)n2C. The third-order valence-corrected chi connectivity index (χ3v) is 4.51. The summed E-state index contributed by atoms with van der Waals surface area (Å²) in [6, 6.07) is 7.82. The summed E-state index contributed by atoms with van der Waals surface area (Å²) in [4.78, 5) is 25.4. The van der Waals surface area contributed by atoms with Crippen molar-refractivity contribution in [2.24, 2.45) is 14.1 Å². The van der Waals surface area contributed by atoms with Crippen LogP contribution in [0, 0.1) is 0 Å². The van der Waals surface area contributed by atoms with Gasteiger partial charge in [0.1, 0.15) is 11.3 Å². The van der Waals surface area contributed by atoms with Crippen molar-refractivity contribution in [3.05, 3.63) is 51.2 Å². The van der Waals surface area contributed by atoms with Crippen LogP contribution in [-0.4, -0.2) is 31.5 Å². The molecule has 0 aliphatic heterocycles. The van der Waals surface area contributed by atoms with Crippen molar-refractivity contribution in [3.63, 3.8) is 0 Å². The zero-order chi connectivity index (χ0) is 20.6. The number of nitrogens with zero attached hydrogens (tertiary/aromatic N) is 3. The molecule has 0 atom stereocenters. The Morgan fingerprint density at radius 1 is 1.14 bits per heavy atom. The maximum absolute atomic E-state index is 13.2. The molecule has 7 nitrogen and oxygen atoms in total. The largest absolute Gasteiger partial charge is 0.433 e. The van der Waals surface area contributed by atoms with Gasteiger partial charge in [-0.1, -0.05) is 12.1 Å². The molecule has 0 saturated carbocycles. The van der Waals surface area contributed by atoms with Crippen LogP contribution in [0.15, 0.2) is 39.9 Å². The molecule has 3 aromatic rings. The average molecular weight is 393 g/mol. The monoisotopic (exact) mass is 393 g/mol. The summed E-state index contributed by atoms with van der Waals surface area (Å²) in [6.45, 7) is 0.620. The predicted octanol–water partition coefficient (Wildman–Crippen LogP) is 2.08. The smallest absolute Gasteiger partial charge is 0.394 e. The van der Waals surface area contributed by atoms with Crippen LogP contribution in [0.5, 0.6) is 5.75 Å². The van der Waals surface area contributed by atoms with E-state index in [1.807, 2.05) is 0 Å². The Bertz CT molecular complexity index is 1140. The molecule has 9 heteroatoms. The second-order valence-electron chi connectivity index (χ2n) is 6.64. The Hall–Kier alpha value is -2.94. The maximum Gasteiger partial charge on any atom is 0.394 e. The van der Waals surface area contributed by atoms with Gasteiger partial charge in [-0.25, -0.2) is 4.79 Å². The van der Waals surface area contributed by atoms with Crippen molar-refractivity contribution in [2.75, 3.05) is 6.61 Å². The molecule has 0 radical (unpaired) electrons. The molecule has 0 fully saturated rings. The third-order valence-electron chi connectivity index (χ3n) is 4.51. The lowest BCUT2D eigenvalue weighted by molar-refractivity contribution is -0.158. The molecule has 2 heterocycles. The topological polar surface area (TPSA) is 78.4 Å². The molecule has 0 unspecified atom stereocenters. The fraction of sp³-hybridized carbons (Fsp3) is 0.368. The van der Waals surface area contributed by atoms with Crippen LogP contribution in [0.1, 0.15) is 13.3 Å². The number of fused-ring (bicyclic) bond motifs is 1. The predicted molar refractivity (Wildman–Crippen MR) is 101 cm³/mol. The zero-order valence-corrected chi connectivity index (χ0v) is 15.8. The number of halogens is 2. The summed E-state index contributed by atoms with van der Waals surface area (Å²) in [5.74, 6) is -0.00972. The molecular formula is C19H21F2N3O4. The van der Waals surface area contributed by atoms with E-state index in [1.54, 1.807) is 36.9 Å². The molecule has 0 saturated heterocycles. The summed E-state index contributed by atoms with van der Waals surface area (Å²) in [5, 5.41) is 9.01. The number of alkyl halides is 2. The van der Waals surface area contributed by atoms with Crippen LogP contribution in [0.3, 0.4) is 0 Å². The van der Waals surface area contributed by atoms with Gasteiger partial charge in [0.25, 0.3) is 5.56 Å². The van der Waals surface area contributed by atoms with Crippen molar-refractivity contribution in [3.8, 4) is 17.0 Å². The molecule has 0 spiro atoms. The molecule has 150 valence electrons. The quantitative estimate of drug-likeness (QED) is 0.696. The maximum atomic E-state index is 13.2. The first-order valence-corrected chi connectivity index (χ1v) is 8.71. The Balaban J connectivity index is 2.20. The second kappa shape index (κ2) is 7.23. The molecule has 28 heavy (non-hydrogen) atoms. The first-order chi connectivity index (χ1) is 13.1. The summed E-state index contributed by atoms with van der Waals surface area (Å²) >= 11 is 0. The van der Waals surface area contributed by atoms with Gasteiger partial charge in [-0.2, -0.15) is 8.78 Å². The lowest BCUT2D eigenvalue weighted by Crippen LogP contribution is -2.39. The highest BCUT2D eigenvalue weighted by molar-refractivity contribution is 5.83. The van der Waals surface area contributed by atoms with Crippen LogP contribution in [0.25, 0.3) is 22.3 Å². The van der Waals surface area contributed by atoms with Crippen LogP contribution in [0.4, 0.5) is 8.78 Å². The highest BCUT2D eigenvalue weighted by Crippen LogP contribution is 2.29. The molecule has 1 aromatic carbocycles. The van der Waals surface area contributed by atoms with Gasteiger partial charge in [0.05, 0.1) is 11.2 Å².